The van der Waals surface area contributed by atoms with Gasteiger partial charge in [0.25, 0.3) is 11.8 Å². The predicted octanol–water partition coefficient (Wildman–Crippen LogP) is 7.11. The molecular weight excluding hydrogens is 882 g/mol. The van der Waals surface area contributed by atoms with Crippen molar-refractivity contribution in [3.63, 3.8) is 0 Å². The van der Waals surface area contributed by atoms with Crippen LogP contribution in [0.4, 0.5) is 45.9 Å². The van der Waals surface area contributed by atoms with Crippen LogP contribution < -0.4 is 10.6 Å². The third-order valence-corrected chi connectivity index (χ3v) is 7.48. The summed E-state index contributed by atoms with van der Waals surface area (Å²) in [5.41, 5.74) is 5.28. The number of nitrogens with zero attached hydrogens (tertiary/aromatic N) is 8. The summed E-state index contributed by atoms with van der Waals surface area (Å²) in [5, 5.41) is 17.9. The summed E-state index contributed by atoms with van der Waals surface area (Å²) < 4.78 is 82.8. The third-order valence-electron chi connectivity index (χ3n) is 7.48. The predicted molar refractivity (Wildman–Crippen MR) is 210 cm³/mol. The van der Waals surface area contributed by atoms with Crippen LogP contribution in [0, 0.1) is 0 Å². The minimum atomic E-state index is -6.00. The number of aromatic amines is 4. The Morgan fingerprint density at radius 3 is 1.23 bits per heavy atom. The van der Waals surface area contributed by atoms with E-state index in [1.54, 1.807) is 62.2 Å². The first-order valence-electron chi connectivity index (χ1n) is 17.8. The van der Waals surface area contributed by atoms with Crippen molar-refractivity contribution >= 4 is 50.1 Å². The second kappa shape index (κ2) is 23.9. The van der Waals surface area contributed by atoms with Crippen molar-refractivity contribution in [3.8, 4) is 0 Å². The molecule has 6 aromatic rings. The molecule has 2 atom stereocenters. The molecule has 62 heavy (non-hydrogen) atoms. The number of nitrogens with one attached hydrogen (secondary N) is 6. The van der Waals surface area contributed by atoms with Crippen LogP contribution in [-0.2, 0) is 21.8 Å². The summed E-state index contributed by atoms with van der Waals surface area (Å²) in [7, 11) is -12.0. The van der Waals surface area contributed by atoms with E-state index in [1.807, 2.05) is 50.2 Å². The van der Waals surface area contributed by atoms with Gasteiger partial charge in [0, 0.05) is 49.4 Å². The molecule has 0 aliphatic carbocycles. The smallest absolute Gasteiger partial charge is 0.418 e. The van der Waals surface area contributed by atoms with Gasteiger partial charge in [0.15, 0.2) is 12.3 Å². The number of para-hydroxylation sites is 2. The SMILES string of the molecule is CCOCC.F[B-](F)(F)F.F[B-](F)(F)F.O=C1c2ccccc2N[C@H](c2c[nH]cn2)N1/N=C/c1c[nH]cn1.O=C1c2ccccc2N[C@H](c2c[nH]cn2)N1/N=C/c1c[nH]cn1.[Fe+2]. The first kappa shape index (κ1) is 49.6. The van der Waals surface area contributed by atoms with Gasteiger partial charge in [-0.1, -0.05) is 24.3 Å². The number of benzene rings is 2. The Bertz CT molecular complexity index is 2100. The Labute approximate surface area is 358 Å². The summed E-state index contributed by atoms with van der Waals surface area (Å²) in [6.45, 7) is 5.67. The van der Waals surface area contributed by atoms with Gasteiger partial charge in [-0.3, -0.25) is 9.59 Å². The average molecular weight is 918 g/mol. The van der Waals surface area contributed by atoms with Crippen LogP contribution in [0.15, 0.2) is 109 Å². The van der Waals surface area contributed by atoms with E-state index in [-0.39, 0.29) is 28.9 Å². The number of carbonyl (C=O) groups is 2. The summed E-state index contributed by atoms with van der Waals surface area (Å²) >= 11 is 0. The number of anilines is 2. The van der Waals surface area contributed by atoms with Gasteiger partial charge in [-0.05, 0) is 38.1 Å². The molecule has 0 fully saturated rings. The van der Waals surface area contributed by atoms with Gasteiger partial charge in [-0.15, -0.1) is 0 Å². The largest absolute Gasteiger partial charge is 2.00 e. The van der Waals surface area contributed by atoms with Crippen molar-refractivity contribution in [2.75, 3.05) is 23.8 Å². The van der Waals surface area contributed by atoms with Crippen LogP contribution in [0.3, 0.4) is 0 Å². The van der Waals surface area contributed by atoms with Crippen LogP contribution in [-0.4, -0.2) is 102 Å². The number of hydrogen-bond acceptors (Lipinski definition) is 11. The van der Waals surface area contributed by atoms with E-state index in [4.69, 9.17) is 4.74 Å². The zero-order valence-corrected chi connectivity index (χ0v) is 33.4. The molecule has 2 amide bonds. The molecule has 0 spiro atoms. The van der Waals surface area contributed by atoms with Gasteiger partial charge in [-0.25, -0.2) is 30.0 Å². The van der Waals surface area contributed by atoms with E-state index < -0.39 is 26.8 Å². The van der Waals surface area contributed by atoms with Crippen LogP contribution in [0.5, 0.6) is 0 Å². The summed E-state index contributed by atoms with van der Waals surface area (Å²) in [4.78, 5) is 53.7. The van der Waals surface area contributed by atoms with Gasteiger partial charge >= 0.3 is 31.6 Å². The Hall–Kier alpha value is -6.79. The van der Waals surface area contributed by atoms with Crippen LogP contribution in [0.25, 0.3) is 0 Å². The zero-order valence-electron chi connectivity index (χ0n) is 32.3. The number of amides is 2. The van der Waals surface area contributed by atoms with Crippen LogP contribution in [0.2, 0.25) is 0 Å². The molecule has 2 aliphatic heterocycles. The molecule has 8 rings (SSSR count). The first-order chi connectivity index (χ1) is 29.1. The molecule has 0 unspecified atom stereocenters. The number of carbonyl (C=O) groups excluding carboxylic acids is 2. The van der Waals surface area contributed by atoms with Gasteiger partial charge < -0.3 is 69.8 Å². The van der Waals surface area contributed by atoms with Crippen molar-refractivity contribution < 1.29 is 65.9 Å². The van der Waals surface area contributed by atoms with Crippen molar-refractivity contribution in [1.29, 1.82) is 0 Å². The molecule has 4 aromatic heterocycles. The number of rotatable bonds is 8. The molecule has 0 saturated carbocycles. The Morgan fingerprint density at radius 2 is 0.935 bits per heavy atom. The molecule has 0 radical (unpaired) electrons. The Kier molecular flexibility index (Phi) is 19.1. The van der Waals surface area contributed by atoms with E-state index in [0.29, 0.717) is 33.9 Å². The summed E-state index contributed by atoms with van der Waals surface area (Å²) in [6, 6.07) is 14.7. The molecule has 0 saturated heterocycles. The van der Waals surface area contributed by atoms with E-state index in [9.17, 15) is 44.1 Å². The van der Waals surface area contributed by atoms with Gasteiger partial charge in [0.1, 0.15) is 22.8 Å². The Morgan fingerprint density at radius 1 is 0.597 bits per heavy atom. The number of halogens is 8. The number of ether oxygens (including phenoxy) is 1. The number of aromatic nitrogens is 8. The monoisotopic (exact) mass is 918 g/mol. The van der Waals surface area contributed by atoms with Crippen molar-refractivity contribution in [1.82, 2.24) is 49.9 Å². The molecule has 330 valence electrons. The molecule has 6 N–H and O–H groups in total. The molecule has 0 bridgehead atoms. The standard InChI is InChI=1S/2C15H13N7O.C4H10O.2BF4.Fe/c2*23-15-11-3-1-2-4-12(11)21-14(13-7-17-9-19-13)22(15)20-6-10-5-16-8-18-10;1-3-5-4-2;2*2-1(3,4)5;/h2*1-9,14,21H,(H,16,18)(H,17,19);3-4H2,1-2H3;;;/q;;;2*-1;+2/b2*20-6+;;;;/t2*14-;;;;/m00..../s1. The summed E-state index contributed by atoms with van der Waals surface area (Å²) in [6.07, 6.45) is 15.2. The number of H-pyrrole nitrogens is 4. The molecular formula is C34H36B2F8FeN14O3. The summed E-state index contributed by atoms with van der Waals surface area (Å²) in [5.74, 6) is -0.390. The second-order valence-corrected chi connectivity index (χ2v) is 11.7. The van der Waals surface area contributed by atoms with Crippen molar-refractivity contribution in [2.45, 2.75) is 26.2 Å². The fraction of sp³-hybridized carbons (Fsp3) is 0.176. The molecule has 2 aromatic carbocycles. The minimum absolute atomic E-state index is 0. The van der Waals surface area contributed by atoms with Gasteiger partial charge in [0.05, 0.1) is 48.9 Å². The quantitative estimate of drug-likeness (QED) is 0.0521. The van der Waals surface area contributed by atoms with Crippen molar-refractivity contribution in [2.24, 2.45) is 10.2 Å². The fourth-order valence-electron chi connectivity index (χ4n) is 5.10. The molecule has 28 heteroatoms. The van der Waals surface area contributed by atoms with Gasteiger partial charge in [0.2, 0.25) is 0 Å². The number of fused-ring (bicyclic) bond motifs is 2. The molecule has 2 aliphatic rings. The van der Waals surface area contributed by atoms with Crippen LogP contribution in [0.1, 0.15) is 69.7 Å². The Balaban J connectivity index is 0.000000247. The number of hydrogen-bond donors (Lipinski definition) is 6. The fourth-order valence-corrected chi connectivity index (χ4v) is 5.10. The van der Waals surface area contributed by atoms with Crippen LogP contribution >= 0.6 is 0 Å². The van der Waals surface area contributed by atoms with E-state index >= 15 is 0 Å². The van der Waals surface area contributed by atoms with E-state index in [0.717, 1.165) is 24.6 Å². The average Bonchev–Trinajstić information content (AvgIpc) is 4.06. The van der Waals surface area contributed by atoms with E-state index in [1.165, 1.54) is 22.4 Å². The maximum atomic E-state index is 12.8. The third kappa shape index (κ3) is 16.0. The normalized spacial score (nSPS) is 15.5. The zero-order chi connectivity index (χ0) is 44.4. The van der Waals surface area contributed by atoms with E-state index in [2.05, 4.69) is 60.7 Å². The maximum Gasteiger partial charge on any atom is 2.00 e. The number of hydrazone groups is 2. The molecule has 17 nitrogen and oxygen atoms in total. The van der Waals surface area contributed by atoms with Crippen molar-refractivity contribution in [3.05, 3.63) is 133 Å². The van der Waals surface area contributed by atoms with Gasteiger partial charge in [-0.2, -0.15) is 10.2 Å². The minimum Gasteiger partial charge on any atom is -0.418 e. The number of imidazole rings is 4. The topological polar surface area (TPSA) is 213 Å². The molecule has 6 heterocycles. The maximum absolute atomic E-state index is 12.8. The second-order valence-electron chi connectivity index (χ2n) is 11.7. The first-order valence-corrected chi connectivity index (χ1v) is 17.8.